The zero-order chi connectivity index (χ0) is 15.9. The van der Waals surface area contributed by atoms with Crippen molar-refractivity contribution < 1.29 is 9.53 Å². The summed E-state index contributed by atoms with van der Waals surface area (Å²) in [6.45, 7) is 0. The van der Waals surface area contributed by atoms with E-state index in [1.165, 1.54) is 13.2 Å². The number of benzene rings is 2. The van der Waals surface area contributed by atoms with Crippen LogP contribution in [0.25, 0.3) is 6.08 Å². The van der Waals surface area contributed by atoms with Gasteiger partial charge in [0.1, 0.15) is 17.4 Å². The van der Waals surface area contributed by atoms with Gasteiger partial charge in [-0.3, -0.25) is 4.79 Å². The van der Waals surface area contributed by atoms with E-state index in [0.717, 1.165) is 5.56 Å². The Morgan fingerprint density at radius 1 is 1.27 bits per heavy atom. The molecule has 110 valence electrons. The molecule has 0 saturated heterocycles. The van der Waals surface area contributed by atoms with Crippen LogP contribution >= 0.6 is 11.6 Å². The van der Waals surface area contributed by atoms with Crippen LogP contribution in [0.5, 0.6) is 5.75 Å². The summed E-state index contributed by atoms with van der Waals surface area (Å²) in [7, 11) is 1.51. The van der Waals surface area contributed by atoms with Crippen molar-refractivity contribution in [3.05, 3.63) is 64.7 Å². The van der Waals surface area contributed by atoms with Crippen molar-refractivity contribution in [3.8, 4) is 11.8 Å². The predicted octanol–water partition coefficient (Wildman–Crippen LogP) is 3.89. The fraction of sp³-hybridized carbons (Fsp3) is 0.0588. The van der Waals surface area contributed by atoms with Crippen LogP contribution in [-0.4, -0.2) is 13.0 Å². The minimum Gasteiger partial charge on any atom is -0.495 e. The number of nitrogens with zero attached hydrogens (tertiary/aromatic N) is 1. The summed E-state index contributed by atoms with van der Waals surface area (Å²) in [6.07, 6.45) is 1.53. The number of halogens is 1. The monoisotopic (exact) mass is 312 g/mol. The number of hydrogen-bond donors (Lipinski definition) is 1. The molecule has 0 unspecified atom stereocenters. The Balaban J connectivity index is 2.18. The Kier molecular flexibility index (Phi) is 5.18. The molecule has 2 aromatic carbocycles. The number of nitriles is 1. The number of methoxy groups -OCH3 is 1. The molecule has 0 aromatic heterocycles. The van der Waals surface area contributed by atoms with Gasteiger partial charge in [-0.15, -0.1) is 0 Å². The Hall–Kier alpha value is -2.77. The number of hydrogen-bond acceptors (Lipinski definition) is 3. The zero-order valence-electron chi connectivity index (χ0n) is 11.8. The maximum Gasteiger partial charge on any atom is 0.266 e. The summed E-state index contributed by atoms with van der Waals surface area (Å²) in [6, 6.07) is 15.9. The Bertz CT molecular complexity index is 749. The molecule has 4 nitrogen and oxygen atoms in total. The van der Waals surface area contributed by atoms with E-state index in [0.29, 0.717) is 16.5 Å². The van der Waals surface area contributed by atoms with Gasteiger partial charge in [-0.05, 0) is 29.8 Å². The standard InChI is InChI=1S/C17H13ClN2O2/c1-22-16-8-7-14(10-15(16)18)20-17(21)13(11-19)9-12-5-3-2-4-6-12/h2-10H,1H3,(H,20,21)/b13-9+. The Labute approximate surface area is 133 Å². The predicted molar refractivity (Wildman–Crippen MR) is 86.7 cm³/mol. The van der Waals surface area contributed by atoms with Gasteiger partial charge >= 0.3 is 0 Å². The summed E-state index contributed by atoms with van der Waals surface area (Å²) in [5, 5.41) is 12.2. The Morgan fingerprint density at radius 2 is 2.00 bits per heavy atom. The number of nitrogens with one attached hydrogen (secondary N) is 1. The number of carbonyl (C=O) groups excluding carboxylic acids is 1. The average Bonchev–Trinajstić information content (AvgIpc) is 2.53. The normalized spacial score (nSPS) is 10.7. The molecule has 0 saturated carbocycles. The van der Waals surface area contributed by atoms with Crippen molar-refractivity contribution in [2.24, 2.45) is 0 Å². The summed E-state index contributed by atoms with van der Waals surface area (Å²) in [5.74, 6) is 0.0209. The topological polar surface area (TPSA) is 62.1 Å². The maximum atomic E-state index is 12.1. The third kappa shape index (κ3) is 3.87. The van der Waals surface area contributed by atoms with Crippen molar-refractivity contribution in [2.45, 2.75) is 0 Å². The second-order valence-electron chi connectivity index (χ2n) is 4.38. The summed E-state index contributed by atoms with van der Waals surface area (Å²) in [5.41, 5.74) is 1.28. The van der Waals surface area contributed by atoms with E-state index in [4.69, 9.17) is 21.6 Å². The number of rotatable bonds is 4. The first kappa shape index (κ1) is 15.6. The van der Waals surface area contributed by atoms with Crippen molar-refractivity contribution in [1.29, 1.82) is 5.26 Å². The zero-order valence-corrected chi connectivity index (χ0v) is 12.6. The molecule has 0 fully saturated rings. The quantitative estimate of drug-likeness (QED) is 0.688. The molecule has 1 N–H and O–H groups in total. The highest BCUT2D eigenvalue weighted by Gasteiger charge is 2.10. The molecule has 0 bridgehead atoms. The van der Waals surface area contributed by atoms with Gasteiger partial charge in [-0.1, -0.05) is 41.9 Å². The first-order valence-electron chi connectivity index (χ1n) is 6.46. The third-order valence-corrected chi connectivity index (χ3v) is 3.18. The first-order valence-corrected chi connectivity index (χ1v) is 6.83. The van der Waals surface area contributed by atoms with Crippen LogP contribution in [-0.2, 0) is 4.79 Å². The minimum atomic E-state index is -0.493. The molecule has 0 aliphatic rings. The lowest BCUT2D eigenvalue weighted by Gasteiger charge is -2.07. The number of anilines is 1. The van der Waals surface area contributed by atoms with Crippen molar-refractivity contribution in [1.82, 2.24) is 0 Å². The molecular weight excluding hydrogens is 300 g/mol. The molecule has 2 aromatic rings. The lowest BCUT2D eigenvalue weighted by molar-refractivity contribution is -0.112. The molecule has 0 atom stereocenters. The molecule has 0 spiro atoms. The number of amides is 1. The van der Waals surface area contributed by atoms with Crippen LogP contribution in [0.2, 0.25) is 5.02 Å². The van der Waals surface area contributed by atoms with E-state index >= 15 is 0 Å². The molecule has 0 aliphatic heterocycles. The van der Waals surface area contributed by atoms with Crippen molar-refractivity contribution in [2.75, 3.05) is 12.4 Å². The molecule has 5 heteroatoms. The van der Waals surface area contributed by atoms with Crippen LogP contribution < -0.4 is 10.1 Å². The van der Waals surface area contributed by atoms with E-state index < -0.39 is 5.91 Å². The fourth-order valence-corrected chi connectivity index (χ4v) is 2.06. The van der Waals surface area contributed by atoms with E-state index in [9.17, 15) is 4.79 Å². The minimum absolute atomic E-state index is 0.0122. The summed E-state index contributed by atoms with van der Waals surface area (Å²) < 4.78 is 5.04. The third-order valence-electron chi connectivity index (χ3n) is 2.89. The highest BCUT2D eigenvalue weighted by atomic mass is 35.5. The highest BCUT2D eigenvalue weighted by Crippen LogP contribution is 2.27. The smallest absolute Gasteiger partial charge is 0.266 e. The number of carbonyl (C=O) groups is 1. The van der Waals surface area contributed by atoms with E-state index in [2.05, 4.69) is 5.32 Å². The van der Waals surface area contributed by atoms with Crippen LogP contribution in [0.4, 0.5) is 5.69 Å². The van der Waals surface area contributed by atoms with Crippen LogP contribution in [0.15, 0.2) is 54.1 Å². The summed E-state index contributed by atoms with van der Waals surface area (Å²) in [4.78, 5) is 12.1. The van der Waals surface area contributed by atoms with Crippen LogP contribution in [0.3, 0.4) is 0 Å². The van der Waals surface area contributed by atoms with Gasteiger partial charge in [0.25, 0.3) is 5.91 Å². The SMILES string of the molecule is COc1ccc(NC(=O)/C(C#N)=C/c2ccccc2)cc1Cl. The molecule has 22 heavy (non-hydrogen) atoms. The van der Waals surface area contributed by atoms with E-state index in [-0.39, 0.29) is 5.57 Å². The second-order valence-corrected chi connectivity index (χ2v) is 4.79. The molecule has 2 rings (SSSR count). The average molecular weight is 313 g/mol. The lowest BCUT2D eigenvalue weighted by Crippen LogP contribution is -2.13. The van der Waals surface area contributed by atoms with E-state index in [1.54, 1.807) is 18.2 Å². The van der Waals surface area contributed by atoms with Gasteiger partial charge in [0.05, 0.1) is 12.1 Å². The first-order chi connectivity index (χ1) is 10.6. The van der Waals surface area contributed by atoms with Gasteiger partial charge in [-0.25, -0.2) is 0 Å². The van der Waals surface area contributed by atoms with Crippen molar-refractivity contribution >= 4 is 29.3 Å². The molecule has 0 radical (unpaired) electrons. The molecule has 1 amide bonds. The van der Waals surface area contributed by atoms with Gasteiger partial charge in [0.2, 0.25) is 0 Å². The summed E-state index contributed by atoms with van der Waals surface area (Å²) >= 11 is 6.00. The van der Waals surface area contributed by atoms with Crippen LogP contribution in [0, 0.1) is 11.3 Å². The highest BCUT2D eigenvalue weighted by molar-refractivity contribution is 6.32. The lowest BCUT2D eigenvalue weighted by atomic mass is 10.1. The molecule has 0 heterocycles. The van der Waals surface area contributed by atoms with Gasteiger partial charge in [0.15, 0.2) is 0 Å². The second kappa shape index (κ2) is 7.30. The van der Waals surface area contributed by atoms with Gasteiger partial charge < -0.3 is 10.1 Å². The largest absolute Gasteiger partial charge is 0.495 e. The number of ether oxygens (including phenoxy) is 1. The van der Waals surface area contributed by atoms with Crippen LogP contribution in [0.1, 0.15) is 5.56 Å². The Morgan fingerprint density at radius 3 is 2.59 bits per heavy atom. The maximum absolute atomic E-state index is 12.1. The fourth-order valence-electron chi connectivity index (χ4n) is 1.81. The van der Waals surface area contributed by atoms with Crippen molar-refractivity contribution in [3.63, 3.8) is 0 Å². The van der Waals surface area contributed by atoms with E-state index in [1.807, 2.05) is 36.4 Å². The molecular formula is C17H13ClN2O2. The molecule has 0 aliphatic carbocycles. The van der Waals surface area contributed by atoms with Gasteiger partial charge in [0, 0.05) is 5.69 Å². The van der Waals surface area contributed by atoms with Gasteiger partial charge in [-0.2, -0.15) is 5.26 Å².